The summed E-state index contributed by atoms with van der Waals surface area (Å²) in [5.41, 5.74) is 8.21. The van der Waals surface area contributed by atoms with Crippen LogP contribution in [0.5, 0.6) is 0 Å². The molecule has 0 spiro atoms. The highest BCUT2D eigenvalue weighted by Crippen LogP contribution is 2.36. The van der Waals surface area contributed by atoms with Crippen LogP contribution in [-0.4, -0.2) is 20.6 Å². The highest BCUT2D eigenvalue weighted by molar-refractivity contribution is 7.99. The Morgan fingerprint density at radius 3 is 2.55 bits per heavy atom. The quantitative estimate of drug-likeness (QED) is 0.748. The van der Waals surface area contributed by atoms with Gasteiger partial charge < -0.3 is 5.73 Å². The van der Waals surface area contributed by atoms with Gasteiger partial charge in [-0.1, -0.05) is 48.2 Å². The van der Waals surface area contributed by atoms with E-state index in [0.717, 1.165) is 10.8 Å². The molecule has 0 aliphatic heterocycles. The SMILES string of the molecule is CC(N)C(Sc1nnc2ccccn12)c1ccccc1. The van der Waals surface area contributed by atoms with Crippen LogP contribution in [0.15, 0.2) is 59.9 Å². The second-order valence-electron chi connectivity index (χ2n) is 4.72. The van der Waals surface area contributed by atoms with E-state index in [0.29, 0.717) is 0 Å². The van der Waals surface area contributed by atoms with Crippen molar-refractivity contribution in [1.29, 1.82) is 0 Å². The molecule has 4 nitrogen and oxygen atoms in total. The number of fused-ring (bicyclic) bond motifs is 1. The van der Waals surface area contributed by atoms with Crippen molar-refractivity contribution in [3.05, 3.63) is 60.3 Å². The number of thioether (sulfide) groups is 1. The second-order valence-corrected chi connectivity index (χ2v) is 5.83. The van der Waals surface area contributed by atoms with Crippen molar-refractivity contribution >= 4 is 17.4 Å². The van der Waals surface area contributed by atoms with Gasteiger partial charge in [-0.05, 0) is 24.6 Å². The molecule has 2 aromatic heterocycles. The Bertz CT molecular complexity index is 693. The smallest absolute Gasteiger partial charge is 0.196 e. The van der Waals surface area contributed by atoms with Gasteiger partial charge in [-0.25, -0.2) is 0 Å². The van der Waals surface area contributed by atoms with E-state index >= 15 is 0 Å². The van der Waals surface area contributed by atoms with Crippen LogP contribution in [0, 0.1) is 0 Å². The number of pyridine rings is 1. The molecule has 5 heteroatoms. The molecule has 3 aromatic rings. The van der Waals surface area contributed by atoms with Gasteiger partial charge in [-0.3, -0.25) is 4.40 Å². The number of aromatic nitrogens is 3. The van der Waals surface area contributed by atoms with Gasteiger partial charge in [0.2, 0.25) is 0 Å². The molecule has 2 N–H and O–H groups in total. The summed E-state index contributed by atoms with van der Waals surface area (Å²) in [6.45, 7) is 2.02. The molecule has 20 heavy (non-hydrogen) atoms. The number of hydrogen-bond donors (Lipinski definition) is 1. The average Bonchev–Trinajstić information content (AvgIpc) is 2.88. The first-order valence-electron chi connectivity index (χ1n) is 6.52. The summed E-state index contributed by atoms with van der Waals surface area (Å²) in [7, 11) is 0. The van der Waals surface area contributed by atoms with Gasteiger partial charge in [0.15, 0.2) is 10.8 Å². The van der Waals surface area contributed by atoms with E-state index in [9.17, 15) is 0 Å². The van der Waals surface area contributed by atoms with Gasteiger partial charge in [0, 0.05) is 12.2 Å². The summed E-state index contributed by atoms with van der Waals surface area (Å²) in [6, 6.07) is 16.2. The third kappa shape index (κ3) is 2.55. The van der Waals surface area contributed by atoms with Gasteiger partial charge in [0.25, 0.3) is 0 Å². The van der Waals surface area contributed by atoms with E-state index in [1.807, 2.05) is 53.9 Å². The highest BCUT2D eigenvalue weighted by atomic mass is 32.2. The summed E-state index contributed by atoms with van der Waals surface area (Å²) in [6.07, 6.45) is 1.97. The summed E-state index contributed by atoms with van der Waals surface area (Å²) >= 11 is 1.65. The zero-order valence-electron chi connectivity index (χ0n) is 11.2. The largest absolute Gasteiger partial charge is 0.327 e. The van der Waals surface area contributed by atoms with Crippen LogP contribution in [0.2, 0.25) is 0 Å². The molecular weight excluding hydrogens is 268 g/mol. The minimum atomic E-state index is 0.0264. The monoisotopic (exact) mass is 284 g/mol. The Morgan fingerprint density at radius 2 is 1.80 bits per heavy atom. The highest BCUT2D eigenvalue weighted by Gasteiger charge is 2.20. The number of benzene rings is 1. The predicted molar refractivity (Wildman–Crippen MR) is 81.7 cm³/mol. The fraction of sp³-hybridized carbons (Fsp3) is 0.200. The first-order chi connectivity index (χ1) is 9.75. The van der Waals surface area contributed by atoms with Crippen molar-refractivity contribution in [2.75, 3.05) is 0 Å². The Kier molecular flexibility index (Phi) is 3.71. The first-order valence-corrected chi connectivity index (χ1v) is 7.40. The van der Waals surface area contributed by atoms with E-state index in [-0.39, 0.29) is 11.3 Å². The van der Waals surface area contributed by atoms with Crippen molar-refractivity contribution in [3.63, 3.8) is 0 Å². The van der Waals surface area contributed by atoms with Crippen LogP contribution < -0.4 is 5.73 Å². The summed E-state index contributed by atoms with van der Waals surface area (Å²) < 4.78 is 1.99. The van der Waals surface area contributed by atoms with Crippen LogP contribution in [-0.2, 0) is 0 Å². The molecule has 0 bridgehead atoms. The van der Waals surface area contributed by atoms with Crippen molar-refractivity contribution < 1.29 is 0 Å². The van der Waals surface area contributed by atoms with E-state index in [4.69, 9.17) is 5.73 Å². The zero-order chi connectivity index (χ0) is 13.9. The predicted octanol–water partition coefficient (Wildman–Crippen LogP) is 2.91. The number of rotatable bonds is 4. The maximum absolute atomic E-state index is 6.15. The minimum absolute atomic E-state index is 0.0264. The number of hydrogen-bond acceptors (Lipinski definition) is 4. The molecule has 0 aliphatic rings. The third-order valence-corrected chi connectivity index (χ3v) is 4.57. The first kappa shape index (κ1) is 13.1. The van der Waals surface area contributed by atoms with Crippen LogP contribution in [0.3, 0.4) is 0 Å². The molecule has 2 heterocycles. The zero-order valence-corrected chi connectivity index (χ0v) is 12.0. The van der Waals surface area contributed by atoms with Crippen molar-refractivity contribution in [2.45, 2.75) is 23.4 Å². The number of nitrogens with zero attached hydrogens (tertiary/aromatic N) is 3. The molecule has 0 amide bonds. The van der Waals surface area contributed by atoms with Crippen molar-refractivity contribution in [3.8, 4) is 0 Å². The van der Waals surface area contributed by atoms with E-state index in [1.165, 1.54) is 5.56 Å². The van der Waals surface area contributed by atoms with Crippen molar-refractivity contribution in [1.82, 2.24) is 14.6 Å². The normalized spacial score (nSPS) is 14.3. The van der Waals surface area contributed by atoms with Crippen LogP contribution in [0.25, 0.3) is 5.65 Å². The molecule has 2 unspecified atom stereocenters. The molecule has 0 fully saturated rings. The molecule has 102 valence electrons. The van der Waals surface area contributed by atoms with Gasteiger partial charge >= 0.3 is 0 Å². The lowest BCUT2D eigenvalue weighted by molar-refractivity contribution is 0.717. The van der Waals surface area contributed by atoms with E-state index in [2.05, 4.69) is 22.3 Å². The standard InChI is InChI=1S/C15H16N4S/c1-11(16)14(12-7-3-2-4-8-12)20-15-18-17-13-9-5-6-10-19(13)15/h2-11,14H,16H2,1H3. The van der Waals surface area contributed by atoms with Crippen LogP contribution in [0.4, 0.5) is 0 Å². The Balaban J connectivity index is 1.95. The lowest BCUT2D eigenvalue weighted by atomic mass is 10.1. The van der Waals surface area contributed by atoms with Gasteiger partial charge in [0.05, 0.1) is 5.25 Å². The van der Waals surface area contributed by atoms with E-state index in [1.54, 1.807) is 11.8 Å². The summed E-state index contributed by atoms with van der Waals surface area (Å²) in [5, 5.41) is 9.46. The van der Waals surface area contributed by atoms with Gasteiger partial charge in [0.1, 0.15) is 0 Å². The maximum Gasteiger partial charge on any atom is 0.196 e. The molecule has 3 rings (SSSR count). The third-order valence-electron chi connectivity index (χ3n) is 3.12. The van der Waals surface area contributed by atoms with E-state index < -0.39 is 0 Å². The Hall–Kier alpha value is -1.85. The second kappa shape index (κ2) is 5.64. The molecule has 0 aliphatic carbocycles. The molecule has 0 saturated heterocycles. The fourth-order valence-electron chi connectivity index (χ4n) is 2.14. The average molecular weight is 284 g/mol. The summed E-state index contributed by atoms with van der Waals surface area (Å²) in [5.74, 6) is 0. The topological polar surface area (TPSA) is 56.2 Å². The molecule has 0 saturated carbocycles. The Morgan fingerprint density at radius 1 is 1.05 bits per heavy atom. The number of nitrogens with two attached hydrogens (primary N) is 1. The summed E-state index contributed by atoms with van der Waals surface area (Å²) in [4.78, 5) is 0. The van der Waals surface area contributed by atoms with Crippen LogP contribution in [0.1, 0.15) is 17.7 Å². The van der Waals surface area contributed by atoms with Crippen LogP contribution >= 0.6 is 11.8 Å². The Labute approximate surface area is 122 Å². The van der Waals surface area contributed by atoms with Gasteiger partial charge in [-0.15, -0.1) is 10.2 Å². The minimum Gasteiger partial charge on any atom is -0.327 e. The maximum atomic E-state index is 6.15. The molecule has 2 atom stereocenters. The van der Waals surface area contributed by atoms with Crippen molar-refractivity contribution in [2.24, 2.45) is 5.73 Å². The molecule has 0 radical (unpaired) electrons. The lowest BCUT2D eigenvalue weighted by Gasteiger charge is -2.19. The molecular formula is C15H16N4S. The lowest BCUT2D eigenvalue weighted by Crippen LogP contribution is -2.22. The fourth-order valence-corrected chi connectivity index (χ4v) is 3.23. The van der Waals surface area contributed by atoms with Gasteiger partial charge in [-0.2, -0.15) is 0 Å². The molecule has 1 aromatic carbocycles.